The fourth-order valence-electron chi connectivity index (χ4n) is 2.63. The van der Waals surface area contributed by atoms with Crippen molar-refractivity contribution in [3.63, 3.8) is 0 Å². The number of likely N-dealkylation sites (tertiary alicyclic amines) is 1. The Hall–Kier alpha value is -1.35. The Labute approximate surface area is 121 Å². The zero-order valence-corrected chi connectivity index (χ0v) is 12.3. The second kappa shape index (κ2) is 5.33. The van der Waals surface area contributed by atoms with E-state index in [0.717, 1.165) is 46.7 Å². The summed E-state index contributed by atoms with van der Waals surface area (Å²) in [6.45, 7) is 1.80. The molecule has 0 radical (unpaired) electrons. The van der Waals surface area contributed by atoms with E-state index in [0.29, 0.717) is 0 Å². The van der Waals surface area contributed by atoms with E-state index in [4.69, 9.17) is 0 Å². The smallest absolute Gasteiger partial charge is 0.253 e. The summed E-state index contributed by atoms with van der Waals surface area (Å²) in [7, 11) is 0. The molecule has 19 heavy (non-hydrogen) atoms. The Balaban J connectivity index is 1.92. The molecule has 0 bridgehead atoms. The first kappa shape index (κ1) is 12.7. The Kier molecular flexibility index (Phi) is 3.56. The maximum absolute atomic E-state index is 12.4. The predicted octanol–water partition coefficient (Wildman–Crippen LogP) is 4.23. The number of carbonyl (C=O) groups is 1. The number of nitrogens with zero attached hydrogens (tertiary/aromatic N) is 1. The Bertz CT molecular complexity index is 617. The van der Waals surface area contributed by atoms with Crippen molar-refractivity contribution < 1.29 is 4.79 Å². The molecule has 0 aliphatic carbocycles. The summed E-state index contributed by atoms with van der Waals surface area (Å²) in [6, 6.07) is 12.1. The van der Waals surface area contributed by atoms with Crippen molar-refractivity contribution >= 4 is 32.6 Å². The standard InChI is InChI=1S/C16H16BrNO/c17-15-7-6-12-10-14(5-4-13(12)11-15)16(19)18-8-2-1-3-9-18/h4-7,10-11H,1-3,8-9H2. The number of carbonyl (C=O) groups excluding carboxylic acids is 1. The molecule has 0 aromatic heterocycles. The SMILES string of the molecule is O=C(c1ccc2cc(Br)ccc2c1)N1CCCCC1. The topological polar surface area (TPSA) is 20.3 Å². The molecule has 0 N–H and O–H groups in total. The molecule has 2 aromatic rings. The third kappa shape index (κ3) is 2.66. The van der Waals surface area contributed by atoms with E-state index in [9.17, 15) is 4.79 Å². The average molecular weight is 318 g/mol. The van der Waals surface area contributed by atoms with Crippen molar-refractivity contribution in [1.29, 1.82) is 0 Å². The molecular weight excluding hydrogens is 302 g/mol. The highest BCUT2D eigenvalue weighted by Crippen LogP contribution is 2.22. The summed E-state index contributed by atoms with van der Waals surface area (Å²) < 4.78 is 1.06. The van der Waals surface area contributed by atoms with E-state index in [2.05, 4.69) is 22.0 Å². The molecule has 1 aliphatic heterocycles. The van der Waals surface area contributed by atoms with Gasteiger partial charge in [-0.1, -0.05) is 28.1 Å². The van der Waals surface area contributed by atoms with E-state index in [1.807, 2.05) is 35.2 Å². The third-order valence-electron chi connectivity index (χ3n) is 3.69. The molecule has 2 nitrogen and oxygen atoms in total. The van der Waals surface area contributed by atoms with Crippen LogP contribution in [0.3, 0.4) is 0 Å². The van der Waals surface area contributed by atoms with Crippen molar-refractivity contribution in [3.05, 3.63) is 46.4 Å². The molecule has 3 rings (SSSR count). The zero-order valence-electron chi connectivity index (χ0n) is 10.7. The van der Waals surface area contributed by atoms with E-state index < -0.39 is 0 Å². The molecule has 1 aliphatic rings. The molecule has 2 aromatic carbocycles. The normalized spacial score (nSPS) is 15.7. The minimum atomic E-state index is 0.171. The van der Waals surface area contributed by atoms with E-state index >= 15 is 0 Å². The van der Waals surface area contributed by atoms with Crippen LogP contribution in [0, 0.1) is 0 Å². The van der Waals surface area contributed by atoms with Crippen LogP contribution in [0.25, 0.3) is 10.8 Å². The van der Waals surface area contributed by atoms with Gasteiger partial charge in [0.1, 0.15) is 0 Å². The molecule has 0 spiro atoms. The summed E-state index contributed by atoms with van der Waals surface area (Å²) in [6.07, 6.45) is 3.51. The van der Waals surface area contributed by atoms with E-state index in [-0.39, 0.29) is 5.91 Å². The average Bonchev–Trinajstić information content (AvgIpc) is 2.47. The van der Waals surface area contributed by atoms with Gasteiger partial charge in [0.2, 0.25) is 0 Å². The number of piperidine rings is 1. The van der Waals surface area contributed by atoms with Gasteiger partial charge in [0.25, 0.3) is 5.91 Å². The lowest BCUT2D eigenvalue weighted by molar-refractivity contribution is 0.0724. The van der Waals surface area contributed by atoms with Gasteiger partial charge < -0.3 is 4.90 Å². The lowest BCUT2D eigenvalue weighted by Gasteiger charge is -2.26. The van der Waals surface area contributed by atoms with Crippen LogP contribution >= 0.6 is 15.9 Å². The Morgan fingerprint density at radius 3 is 2.42 bits per heavy atom. The zero-order chi connectivity index (χ0) is 13.2. The van der Waals surface area contributed by atoms with Crippen LogP contribution in [0.4, 0.5) is 0 Å². The van der Waals surface area contributed by atoms with Gasteiger partial charge in [-0.2, -0.15) is 0 Å². The second-order valence-corrected chi connectivity index (χ2v) is 5.97. The molecule has 1 fully saturated rings. The molecule has 1 amide bonds. The van der Waals surface area contributed by atoms with Gasteiger partial charge in [0.15, 0.2) is 0 Å². The lowest BCUT2D eigenvalue weighted by Crippen LogP contribution is -2.35. The van der Waals surface area contributed by atoms with Crippen LogP contribution in [0.5, 0.6) is 0 Å². The summed E-state index contributed by atoms with van der Waals surface area (Å²) in [5.74, 6) is 0.171. The third-order valence-corrected chi connectivity index (χ3v) is 4.19. The maximum atomic E-state index is 12.4. The number of halogens is 1. The quantitative estimate of drug-likeness (QED) is 0.770. The van der Waals surface area contributed by atoms with Crippen LogP contribution in [0.15, 0.2) is 40.9 Å². The molecule has 3 heteroatoms. The van der Waals surface area contributed by atoms with Crippen LogP contribution in [-0.4, -0.2) is 23.9 Å². The van der Waals surface area contributed by atoms with Gasteiger partial charge in [-0.3, -0.25) is 4.79 Å². The van der Waals surface area contributed by atoms with Crippen molar-refractivity contribution in [3.8, 4) is 0 Å². The number of fused-ring (bicyclic) bond motifs is 1. The van der Waals surface area contributed by atoms with Crippen LogP contribution in [0.2, 0.25) is 0 Å². The van der Waals surface area contributed by atoms with Gasteiger partial charge in [-0.15, -0.1) is 0 Å². The predicted molar refractivity (Wildman–Crippen MR) is 81.4 cm³/mol. The first-order valence-electron chi connectivity index (χ1n) is 6.73. The minimum absolute atomic E-state index is 0.171. The number of benzene rings is 2. The van der Waals surface area contributed by atoms with Crippen LogP contribution in [-0.2, 0) is 0 Å². The van der Waals surface area contributed by atoms with Gasteiger partial charge in [-0.25, -0.2) is 0 Å². The maximum Gasteiger partial charge on any atom is 0.253 e. The largest absolute Gasteiger partial charge is 0.339 e. The molecule has 0 saturated carbocycles. The van der Waals surface area contributed by atoms with Gasteiger partial charge in [0.05, 0.1) is 0 Å². The first-order valence-corrected chi connectivity index (χ1v) is 7.52. The summed E-state index contributed by atoms with van der Waals surface area (Å²) in [4.78, 5) is 14.4. The number of hydrogen-bond donors (Lipinski definition) is 0. The van der Waals surface area contributed by atoms with Crippen molar-refractivity contribution in [2.24, 2.45) is 0 Å². The summed E-state index contributed by atoms with van der Waals surface area (Å²) in [5.41, 5.74) is 0.803. The molecule has 1 saturated heterocycles. The number of amides is 1. The van der Waals surface area contributed by atoms with Gasteiger partial charge >= 0.3 is 0 Å². The van der Waals surface area contributed by atoms with E-state index in [1.54, 1.807) is 0 Å². The first-order chi connectivity index (χ1) is 9.24. The van der Waals surface area contributed by atoms with Gasteiger partial charge in [0, 0.05) is 23.1 Å². The fraction of sp³-hybridized carbons (Fsp3) is 0.312. The van der Waals surface area contributed by atoms with Crippen molar-refractivity contribution in [2.75, 3.05) is 13.1 Å². The van der Waals surface area contributed by atoms with Crippen LogP contribution in [0.1, 0.15) is 29.6 Å². The van der Waals surface area contributed by atoms with Crippen molar-refractivity contribution in [1.82, 2.24) is 4.90 Å². The number of rotatable bonds is 1. The highest BCUT2D eigenvalue weighted by Gasteiger charge is 2.18. The minimum Gasteiger partial charge on any atom is -0.339 e. The molecule has 0 atom stereocenters. The molecule has 1 heterocycles. The molecule has 0 unspecified atom stereocenters. The lowest BCUT2D eigenvalue weighted by atomic mass is 10.0. The number of hydrogen-bond acceptors (Lipinski definition) is 1. The monoisotopic (exact) mass is 317 g/mol. The Morgan fingerprint density at radius 1 is 0.947 bits per heavy atom. The second-order valence-electron chi connectivity index (χ2n) is 5.06. The Morgan fingerprint density at radius 2 is 1.63 bits per heavy atom. The summed E-state index contributed by atoms with van der Waals surface area (Å²) >= 11 is 3.47. The summed E-state index contributed by atoms with van der Waals surface area (Å²) in [5, 5.41) is 2.27. The molecule has 98 valence electrons. The highest BCUT2D eigenvalue weighted by atomic mass is 79.9. The van der Waals surface area contributed by atoms with Crippen molar-refractivity contribution in [2.45, 2.75) is 19.3 Å². The molecular formula is C16H16BrNO. The van der Waals surface area contributed by atoms with Crippen LogP contribution < -0.4 is 0 Å². The highest BCUT2D eigenvalue weighted by molar-refractivity contribution is 9.10. The van der Waals surface area contributed by atoms with Gasteiger partial charge in [-0.05, 0) is 54.3 Å². The van der Waals surface area contributed by atoms with E-state index in [1.165, 1.54) is 6.42 Å². The fourth-order valence-corrected chi connectivity index (χ4v) is 3.01.